The molecule has 0 saturated carbocycles. The van der Waals surface area contributed by atoms with Crippen LogP contribution < -0.4 is 0 Å². The van der Waals surface area contributed by atoms with Crippen LogP contribution in [0.4, 0.5) is 0 Å². The quantitative estimate of drug-likeness (QED) is 0.797. The number of benzene rings is 1. The maximum absolute atomic E-state index is 9.58. The molecule has 0 aliphatic rings. The van der Waals surface area contributed by atoms with Crippen LogP contribution in [0, 0.1) is 11.3 Å². The first-order valence-electron chi connectivity index (χ1n) is 4.93. The Morgan fingerprint density at radius 3 is 2.47 bits per heavy atom. The van der Waals surface area contributed by atoms with Gasteiger partial charge in [0.1, 0.15) is 0 Å². The van der Waals surface area contributed by atoms with Gasteiger partial charge in [0, 0.05) is 10.1 Å². The summed E-state index contributed by atoms with van der Waals surface area (Å²) < 4.78 is 0. The summed E-state index contributed by atoms with van der Waals surface area (Å²) in [5.41, 5.74) is 1.54. The molecule has 0 aromatic heterocycles. The maximum Gasteiger partial charge on any atom is 0.0992 e. The van der Waals surface area contributed by atoms with Crippen molar-refractivity contribution in [1.29, 1.82) is 5.26 Å². The number of aliphatic hydroxyl groups is 1. The normalized spacial score (nSPS) is 12.5. The number of aliphatic hydroxyl groups excluding tert-OH is 1. The molecule has 0 fully saturated rings. The zero-order chi connectivity index (χ0) is 11.4. The molecule has 0 heterocycles. The summed E-state index contributed by atoms with van der Waals surface area (Å²) in [5.74, 6) is 0. The van der Waals surface area contributed by atoms with Gasteiger partial charge in [-0.25, -0.2) is 0 Å². The summed E-state index contributed by atoms with van der Waals surface area (Å²) in [6, 6.07) is 7.52. The van der Waals surface area contributed by atoms with E-state index >= 15 is 0 Å². The Morgan fingerprint density at radius 2 is 2.00 bits per heavy atom. The van der Waals surface area contributed by atoms with E-state index in [-0.39, 0.29) is 0 Å². The predicted molar refractivity (Wildman–Crippen MR) is 62.8 cm³/mol. The molecule has 0 saturated heterocycles. The summed E-state index contributed by atoms with van der Waals surface area (Å²) in [4.78, 5) is 0.999. The van der Waals surface area contributed by atoms with Gasteiger partial charge >= 0.3 is 0 Å². The highest BCUT2D eigenvalue weighted by molar-refractivity contribution is 8.00. The largest absolute Gasteiger partial charge is 0.389 e. The molecular formula is C12H15NOS. The molecule has 0 amide bonds. The number of rotatable bonds is 3. The first-order valence-corrected chi connectivity index (χ1v) is 5.81. The van der Waals surface area contributed by atoms with E-state index in [0.29, 0.717) is 10.8 Å². The third-order valence-electron chi connectivity index (χ3n) is 1.96. The molecule has 0 unspecified atom stereocenters. The number of nitriles is 1. The van der Waals surface area contributed by atoms with Crippen LogP contribution in [0.2, 0.25) is 0 Å². The van der Waals surface area contributed by atoms with E-state index in [4.69, 9.17) is 5.26 Å². The first-order chi connectivity index (χ1) is 7.04. The van der Waals surface area contributed by atoms with Crippen LogP contribution in [0.15, 0.2) is 23.1 Å². The van der Waals surface area contributed by atoms with Gasteiger partial charge in [-0.2, -0.15) is 5.26 Å². The van der Waals surface area contributed by atoms with Crippen molar-refractivity contribution in [3.05, 3.63) is 29.3 Å². The van der Waals surface area contributed by atoms with Crippen LogP contribution in [0.25, 0.3) is 0 Å². The zero-order valence-electron chi connectivity index (χ0n) is 9.19. The van der Waals surface area contributed by atoms with E-state index in [0.717, 1.165) is 10.5 Å². The molecule has 15 heavy (non-hydrogen) atoms. The molecule has 1 atom stereocenters. The standard InChI is InChI=1S/C12H15NOS/c1-8(2)15-12-6-10(7-13)4-5-11(12)9(3)14/h4-6,8-9,14H,1-3H3/t9-/m1/s1. The van der Waals surface area contributed by atoms with Crippen molar-refractivity contribution in [1.82, 2.24) is 0 Å². The lowest BCUT2D eigenvalue weighted by Gasteiger charge is -2.13. The molecule has 1 aromatic carbocycles. The molecule has 0 aliphatic heterocycles. The molecule has 0 radical (unpaired) electrons. The van der Waals surface area contributed by atoms with Crippen molar-refractivity contribution in [2.45, 2.75) is 37.0 Å². The van der Waals surface area contributed by atoms with Gasteiger partial charge in [-0.3, -0.25) is 0 Å². The van der Waals surface area contributed by atoms with Crippen LogP contribution in [0.3, 0.4) is 0 Å². The second-order valence-corrected chi connectivity index (χ2v) is 5.33. The molecule has 80 valence electrons. The Kier molecular flexibility index (Phi) is 4.19. The van der Waals surface area contributed by atoms with Gasteiger partial charge in [0.25, 0.3) is 0 Å². The Bertz CT molecular complexity index is 380. The zero-order valence-corrected chi connectivity index (χ0v) is 10.0. The summed E-state index contributed by atoms with van der Waals surface area (Å²) in [6.45, 7) is 5.93. The van der Waals surface area contributed by atoms with Gasteiger partial charge in [0.15, 0.2) is 0 Å². The van der Waals surface area contributed by atoms with Crippen molar-refractivity contribution < 1.29 is 5.11 Å². The minimum atomic E-state index is -0.487. The van der Waals surface area contributed by atoms with Gasteiger partial charge in [0.05, 0.1) is 17.7 Å². The molecule has 2 nitrogen and oxygen atoms in total. The van der Waals surface area contributed by atoms with Gasteiger partial charge in [-0.05, 0) is 24.6 Å². The Balaban J connectivity index is 3.12. The topological polar surface area (TPSA) is 44.0 Å². The Labute approximate surface area is 94.9 Å². The molecule has 0 aliphatic carbocycles. The van der Waals surface area contributed by atoms with Gasteiger partial charge in [-0.1, -0.05) is 19.9 Å². The molecule has 0 bridgehead atoms. The third-order valence-corrected chi connectivity index (χ3v) is 3.03. The summed E-state index contributed by atoms with van der Waals surface area (Å²) in [5, 5.41) is 18.8. The fraction of sp³-hybridized carbons (Fsp3) is 0.417. The number of hydrogen-bond acceptors (Lipinski definition) is 3. The van der Waals surface area contributed by atoms with Gasteiger partial charge < -0.3 is 5.11 Å². The van der Waals surface area contributed by atoms with E-state index in [9.17, 15) is 5.11 Å². The summed E-state index contributed by atoms with van der Waals surface area (Å²) in [6.07, 6.45) is -0.487. The average Bonchev–Trinajstić information content (AvgIpc) is 2.16. The molecular weight excluding hydrogens is 206 g/mol. The average molecular weight is 221 g/mol. The summed E-state index contributed by atoms with van der Waals surface area (Å²) in [7, 11) is 0. The first kappa shape index (κ1) is 12.1. The van der Waals surface area contributed by atoms with Gasteiger partial charge in [-0.15, -0.1) is 11.8 Å². The Morgan fingerprint density at radius 1 is 1.33 bits per heavy atom. The third kappa shape index (κ3) is 3.26. The van der Waals surface area contributed by atoms with E-state index in [1.807, 2.05) is 12.1 Å². The minimum absolute atomic E-state index is 0.441. The number of hydrogen-bond donors (Lipinski definition) is 1. The molecule has 3 heteroatoms. The summed E-state index contributed by atoms with van der Waals surface area (Å²) >= 11 is 1.67. The predicted octanol–water partition coefficient (Wildman–Crippen LogP) is 3.11. The van der Waals surface area contributed by atoms with Crippen LogP contribution in [-0.4, -0.2) is 10.4 Å². The monoisotopic (exact) mass is 221 g/mol. The lowest BCUT2D eigenvalue weighted by molar-refractivity contribution is 0.196. The second kappa shape index (κ2) is 5.20. The van der Waals surface area contributed by atoms with Gasteiger partial charge in [0.2, 0.25) is 0 Å². The van der Waals surface area contributed by atoms with Crippen LogP contribution in [0.1, 0.15) is 38.0 Å². The SMILES string of the molecule is CC(C)Sc1cc(C#N)ccc1[C@@H](C)O. The highest BCUT2D eigenvalue weighted by atomic mass is 32.2. The van der Waals surface area contributed by atoms with Crippen LogP contribution in [-0.2, 0) is 0 Å². The van der Waals surface area contributed by atoms with E-state index < -0.39 is 6.10 Å². The Hall–Kier alpha value is -0.980. The maximum atomic E-state index is 9.58. The number of thioether (sulfide) groups is 1. The van der Waals surface area contributed by atoms with E-state index in [2.05, 4.69) is 19.9 Å². The van der Waals surface area contributed by atoms with E-state index in [1.54, 1.807) is 24.8 Å². The molecule has 1 aromatic rings. The lowest BCUT2D eigenvalue weighted by Crippen LogP contribution is -1.97. The van der Waals surface area contributed by atoms with Crippen molar-refractivity contribution in [3.8, 4) is 6.07 Å². The lowest BCUT2D eigenvalue weighted by atomic mass is 10.1. The molecule has 1 N–H and O–H groups in total. The van der Waals surface area contributed by atoms with Crippen molar-refractivity contribution in [2.24, 2.45) is 0 Å². The van der Waals surface area contributed by atoms with Crippen LogP contribution >= 0.6 is 11.8 Å². The fourth-order valence-corrected chi connectivity index (χ4v) is 2.38. The van der Waals surface area contributed by atoms with Crippen LogP contribution in [0.5, 0.6) is 0 Å². The second-order valence-electron chi connectivity index (χ2n) is 3.71. The molecule has 1 rings (SSSR count). The smallest absolute Gasteiger partial charge is 0.0992 e. The molecule has 0 spiro atoms. The van der Waals surface area contributed by atoms with Crippen molar-refractivity contribution in [2.75, 3.05) is 0 Å². The number of nitrogens with zero attached hydrogens (tertiary/aromatic N) is 1. The highest BCUT2D eigenvalue weighted by Gasteiger charge is 2.10. The highest BCUT2D eigenvalue weighted by Crippen LogP contribution is 2.31. The van der Waals surface area contributed by atoms with E-state index in [1.165, 1.54) is 0 Å². The van der Waals surface area contributed by atoms with Crippen molar-refractivity contribution >= 4 is 11.8 Å². The fourth-order valence-electron chi connectivity index (χ4n) is 1.31. The van der Waals surface area contributed by atoms with Crippen molar-refractivity contribution in [3.63, 3.8) is 0 Å². The minimum Gasteiger partial charge on any atom is -0.389 e.